The Morgan fingerprint density at radius 3 is 2.79 bits per heavy atom. The Morgan fingerprint density at radius 2 is 2.21 bits per heavy atom. The zero-order valence-corrected chi connectivity index (χ0v) is 8.03. The van der Waals surface area contributed by atoms with Gasteiger partial charge in [-0.2, -0.15) is 0 Å². The molecule has 1 saturated heterocycles. The highest BCUT2D eigenvalue weighted by atomic mass is 16.2. The average molecular weight is 191 g/mol. The lowest BCUT2D eigenvalue weighted by atomic mass is 10.2. The first-order valence-electron chi connectivity index (χ1n) is 4.62. The molecule has 3 N–H and O–H groups in total. The number of hydrogen-bond acceptors (Lipinski definition) is 3. The Hall–Kier alpha value is -1.55. The van der Waals surface area contributed by atoms with Crippen molar-refractivity contribution in [3.05, 3.63) is 24.3 Å². The standard InChI is InChI=1S/C10H13N3O/c1-7-6-12-13(10(7)14)9-5-3-2-4-8(9)11/h2-5,7,12H,6,11H2,1H3. The number of para-hydroxylation sites is 2. The minimum atomic E-state index is 0.0228. The minimum Gasteiger partial charge on any atom is -0.397 e. The van der Waals surface area contributed by atoms with Crippen LogP contribution >= 0.6 is 0 Å². The van der Waals surface area contributed by atoms with Crippen LogP contribution in [0.5, 0.6) is 0 Å². The first kappa shape index (κ1) is 9.02. The summed E-state index contributed by atoms with van der Waals surface area (Å²) in [5, 5.41) is 1.53. The molecule has 1 atom stereocenters. The van der Waals surface area contributed by atoms with E-state index in [2.05, 4.69) is 5.43 Å². The first-order chi connectivity index (χ1) is 6.70. The maximum absolute atomic E-state index is 11.7. The SMILES string of the molecule is CC1CNN(c2ccccc2N)C1=O. The van der Waals surface area contributed by atoms with Crippen molar-refractivity contribution in [2.45, 2.75) is 6.92 Å². The molecule has 0 spiro atoms. The van der Waals surface area contributed by atoms with E-state index in [1.807, 2.05) is 25.1 Å². The quantitative estimate of drug-likeness (QED) is 0.644. The third-order valence-corrected chi connectivity index (χ3v) is 2.38. The number of benzene rings is 1. The number of hydrazine groups is 1. The molecule has 0 saturated carbocycles. The number of hydrogen-bond donors (Lipinski definition) is 2. The fourth-order valence-electron chi connectivity index (χ4n) is 1.51. The number of carbonyl (C=O) groups excluding carboxylic acids is 1. The van der Waals surface area contributed by atoms with E-state index in [1.54, 1.807) is 6.07 Å². The zero-order chi connectivity index (χ0) is 10.1. The zero-order valence-electron chi connectivity index (χ0n) is 8.03. The predicted molar refractivity (Wildman–Crippen MR) is 55.5 cm³/mol. The van der Waals surface area contributed by atoms with Crippen molar-refractivity contribution in [2.24, 2.45) is 5.92 Å². The number of anilines is 2. The number of nitrogens with one attached hydrogen (secondary N) is 1. The van der Waals surface area contributed by atoms with Gasteiger partial charge >= 0.3 is 0 Å². The van der Waals surface area contributed by atoms with Crippen LogP contribution in [0.1, 0.15) is 6.92 Å². The summed E-state index contributed by atoms with van der Waals surface area (Å²) in [6.45, 7) is 2.57. The van der Waals surface area contributed by atoms with E-state index in [0.717, 1.165) is 5.69 Å². The molecule has 1 heterocycles. The van der Waals surface area contributed by atoms with Gasteiger partial charge in [0.25, 0.3) is 0 Å². The molecule has 14 heavy (non-hydrogen) atoms. The molecule has 1 aliphatic heterocycles. The summed E-state index contributed by atoms with van der Waals surface area (Å²) < 4.78 is 0. The molecule has 2 rings (SSSR count). The molecule has 1 unspecified atom stereocenters. The van der Waals surface area contributed by atoms with Gasteiger partial charge in [0.05, 0.1) is 17.3 Å². The van der Waals surface area contributed by atoms with Crippen LogP contribution in [0.25, 0.3) is 0 Å². The third kappa shape index (κ3) is 1.33. The molecule has 0 aromatic heterocycles. The molecule has 1 aliphatic rings. The minimum absolute atomic E-state index is 0.0228. The predicted octanol–water partition coefficient (Wildman–Crippen LogP) is 0.756. The topological polar surface area (TPSA) is 58.4 Å². The summed E-state index contributed by atoms with van der Waals surface area (Å²) in [5.74, 6) is 0.0949. The van der Waals surface area contributed by atoms with Gasteiger partial charge in [0, 0.05) is 6.54 Å². The van der Waals surface area contributed by atoms with Crippen molar-refractivity contribution in [3.63, 3.8) is 0 Å². The summed E-state index contributed by atoms with van der Waals surface area (Å²) in [5.41, 5.74) is 10.1. The van der Waals surface area contributed by atoms with Crippen LogP contribution in [0.4, 0.5) is 11.4 Å². The Bertz CT molecular complexity index is 364. The maximum Gasteiger partial charge on any atom is 0.245 e. The monoisotopic (exact) mass is 191 g/mol. The van der Waals surface area contributed by atoms with Gasteiger partial charge in [0.15, 0.2) is 0 Å². The summed E-state index contributed by atoms with van der Waals surface area (Å²) in [6, 6.07) is 7.33. The number of carbonyl (C=O) groups is 1. The first-order valence-corrected chi connectivity index (χ1v) is 4.62. The van der Waals surface area contributed by atoms with Gasteiger partial charge in [0.2, 0.25) is 5.91 Å². The molecular formula is C10H13N3O. The van der Waals surface area contributed by atoms with E-state index in [0.29, 0.717) is 12.2 Å². The largest absolute Gasteiger partial charge is 0.397 e. The van der Waals surface area contributed by atoms with Crippen molar-refractivity contribution >= 4 is 17.3 Å². The second-order valence-corrected chi connectivity index (χ2v) is 3.50. The lowest BCUT2D eigenvalue weighted by Crippen LogP contribution is -2.34. The van der Waals surface area contributed by atoms with Crippen molar-refractivity contribution in [2.75, 3.05) is 17.3 Å². The normalized spacial score (nSPS) is 21.6. The molecular weight excluding hydrogens is 178 g/mol. The van der Waals surface area contributed by atoms with Crippen molar-refractivity contribution in [1.82, 2.24) is 5.43 Å². The van der Waals surface area contributed by atoms with Gasteiger partial charge in [-0.15, -0.1) is 0 Å². The van der Waals surface area contributed by atoms with Gasteiger partial charge in [-0.3, -0.25) is 4.79 Å². The number of nitrogens with zero attached hydrogens (tertiary/aromatic N) is 1. The van der Waals surface area contributed by atoms with Crippen LogP contribution in [0, 0.1) is 5.92 Å². The molecule has 1 fully saturated rings. The van der Waals surface area contributed by atoms with Gasteiger partial charge in [-0.1, -0.05) is 19.1 Å². The van der Waals surface area contributed by atoms with Crippen LogP contribution < -0.4 is 16.2 Å². The molecule has 4 nitrogen and oxygen atoms in total. The van der Waals surface area contributed by atoms with E-state index >= 15 is 0 Å². The maximum atomic E-state index is 11.7. The van der Waals surface area contributed by atoms with E-state index in [9.17, 15) is 4.79 Å². The third-order valence-electron chi connectivity index (χ3n) is 2.38. The van der Waals surface area contributed by atoms with Crippen molar-refractivity contribution in [1.29, 1.82) is 0 Å². The molecule has 0 aliphatic carbocycles. The van der Waals surface area contributed by atoms with Gasteiger partial charge < -0.3 is 5.73 Å². The van der Waals surface area contributed by atoms with Gasteiger partial charge in [-0.25, -0.2) is 10.4 Å². The average Bonchev–Trinajstić information content (AvgIpc) is 2.49. The fourth-order valence-corrected chi connectivity index (χ4v) is 1.51. The fraction of sp³-hybridized carbons (Fsp3) is 0.300. The molecule has 0 bridgehead atoms. The number of nitrogen functional groups attached to an aromatic ring is 1. The highest BCUT2D eigenvalue weighted by Gasteiger charge is 2.29. The lowest BCUT2D eigenvalue weighted by Gasteiger charge is -2.17. The Labute approximate surface area is 82.7 Å². The van der Waals surface area contributed by atoms with E-state index in [-0.39, 0.29) is 11.8 Å². The number of rotatable bonds is 1. The summed E-state index contributed by atoms with van der Waals surface area (Å²) >= 11 is 0. The van der Waals surface area contributed by atoms with Crippen LogP contribution in [0.3, 0.4) is 0 Å². The second-order valence-electron chi connectivity index (χ2n) is 3.50. The molecule has 4 heteroatoms. The number of nitrogens with two attached hydrogens (primary N) is 1. The van der Waals surface area contributed by atoms with Crippen molar-refractivity contribution in [3.8, 4) is 0 Å². The van der Waals surface area contributed by atoms with Gasteiger partial charge in [0.1, 0.15) is 0 Å². The molecule has 1 aromatic carbocycles. The molecule has 1 aromatic rings. The van der Waals surface area contributed by atoms with Crippen LogP contribution in [0.15, 0.2) is 24.3 Å². The Balaban J connectivity index is 2.33. The Morgan fingerprint density at radius 1 is 1.50 bits per heavy atom. The number of amides is 1. The Kier molecular flexibility index (Phi) is 2.13. The van der Waals surface area contributed by atoms with Crippen LogP contribution in [-0.2, 0) is 4.79 Å². The summed E-state index contributed by atoms with van der Waals surface area (Å²) in [4.78, 5) is 11.7. The molecule has 0 radical (unpaired) electrons. The smallest absolute Gasteiger partial charge is 0.245 e. The van der Waals surface area contributed by atoms with Crippen LogP contribution in [-0.4, -0.2) is 12.5 Å². The van der Waals surface area contributed by atoms with E-state index in [1.165, 1.54) is 5.01 Å². The second kappa shape index (κ2) is 3.31. The summed E-state index contributed by atoms with van der Waals surface area (Å²) in [7, 11) is 0. The van der Waals surface area contributed by atoms with E-state index in [4.69, 9.17) is 5.73 Å². The lowest BCUT2D eigenvalue weighted by molar-refractivity contribution is -0.119. The summed E-state index contributed by atoms with van der Waals surface area (Å²) in [6.07, 6.45) is 0. The van der Waals surface area contributed by atoms with E-state index < -0.39 is 0 Å². The highest BCUT2D eigenvalue weighted by molar-refractivity contribution is 5.98. The van der Waals surface area contributed by atoms with Gasteiger partial charge in [-0.05, 0) is 12.1 Å². The van der Waals surface area contributed by atoms with Crippen molar-refractivity contribution < 1.29 is 4.79 Å². The highest BCUT2D eigenvalue weighted by Crippen LogP contribution is 2.24. The molecule has 74 valence electrons. The molecule has 1 amide bonds. The van der Waals surface area contributed by atoms with Crippen LogP contribution in [0.2, 0.25) is 0 Å².